The molecule has 2 N–H and O–H groups in total. The number of rotatable bonds is 3. The molecule has 2 aromatic rings. The zero-order valence-corrected chi connectivity index (χ0v) is 11.4. The molecule has 1 atom stereocenters. The Morgan fingerprint density at radius 3 is 3.00 bits per heavy atom. The lowest BCUT2D eigenvalue weighted by molar-refractivity contribution is 0.0371. The summed E-state index contributed by atoms with van der Waals surface area (Å²) in [5.74, 6) is 1.08. The van der Waals surface area contributed by atoms with Crippen molar-refractivity contribution in [3.63, 3.8) is 0 Å². The first-order valence-electron chi connectivity index (χ1n) is 7.03. The molecule has 1 aromatic carbocycles. The molecule has 1 unspecified atom stereocenters. The summed E-state index contributed by atoms with van der Waals surface area (Å²) in [4.78, 5) is 4.75. The normalized spacial score (nSPS) is 23.9. The topological polar surface area (TPSA) is 53.1 Å². The van der Waals surface area contributed by atoms with Crippen LogP contribution in [0.5, 0.6) is 0 Å². The maximum atomic E-state index is 6.46. The van der Waals surface area contributed by atoms with Crippen molar-refractivity contribution in [1.82, 2.24) is 9.55 Å². The molecular formula is C15H21N3O. The van der Waals surface area contributed by atoms with E-state index in [1.54, 1.807) is 0 Å². The minimum atomic E-state index is -0.257. The van der Waals surface area contributed by atoms with E-state index in [9.17, 15) is 0 Å². The van der Waals surface area contributed by atoms with Gasteiger partial charge in [-0.1, -0.05) is 12.1 Å². The van der Waals surface area contributed by atoms with Crippen LogP contribution in [0, 0.1) is 0 Å². The monoisotopic (exact) mass is 259 g/mol. The molecule has 1 saturated heterocycles. The maximum absolute atomic E-state index is 6.46. The summed E-state index contributed by atoms with van der Waals surface area (Å²) in [6.07, 6.45) is 2.85. The van der Waals surface area contributed by atoms with Gasteiger partial charge in [0.2, 0.25) is 0 Å². The van der Waals surface area contributed by atoms with Crippen molar-refractivity contribution in [2.24, 2.45) is 5.73 Å². The summed E-state index contributed by atoms with van der Waals surface area (Å²) in [6, 6.07) is 8.27. The molecule has 4 heteroatoms. The average molecular weight is 259 g/mol. The van der Waals surface area contributed by atoms with Crippen molar-refractivity contribution in [3.8, 4) is 0 Å². The number of benzene rings is 1. The molecule has 1 fully saturated rings. The van der Waals surface area contributed by atoms with E-state index in [1.165, 1.54) is 5.52 Å². The van der Waals surface area contributed by atoms with Gasteiger partial charge in [-0.2, -0.15) is 0 Å². The van der Waals surface area contributed by atoms with E-state index in [1.807, 2.05) is 6.07 Å². The molecule has 19 heavy (non-hydrogen) atoms. The zero-order valence-electron chi connectivity index (χ0n) is 11.4. The van der Waals surface area contributed by atoms with E-state index in [2.05, 4.69) is 29.7 Å². The molecule has 1 aliphatic rings. The highest BCUT2D eigenvalue weighted by molar-refractivity contribution is 5.75. The van der Waals surface area contributed by atoms with Crippen molar-refractivity contribution in [3.05, 3.63) is 30.1 Å². The lowest BCUT2D eigenvalue weighted by Gasteiger charge is -2.33. The van der Waals surface area contributed by atoms with Crippen LogP contribution >= 0.6 is 0 Å². The zero-order chi connectivity index (χ0) is 13.3. The van der Waals surface area contributed by atoms with E-state index in [0.717, 1.165) is 43.8 Å². The third-order valence-electron chi connectivity index (χ3n) is 3.91. The number of para-hydroxylation sites is 2. The SMILES string of the molecule is CCn1c(CC2(N)CCCOC2)nc2ccccc21. The fourth-order valence-electron chi connectivity index (χ4n) is 2.94. The van der Waals surface area contributed by atoms with Crippen molar-refractivity contribution in [2.45, 2.75) is 38.3 Å². The van der Waals surface area contributed by atoms with Crippen molar-refractivity contribution >= 4 is 11.0 Å². The Kier molecular flexibility index (Phi) is 3.29. The van der Waals surface area contributed by atoms with Gasteiger partial charge in [-0.15, -0.1) is 0 Å². The minimum absolute atomic E-state index is 0.257. The number of hydrogen-bond acceptors (Lipinski definition) is 3. The fraction of sp³-hybridized carbons (Fsp3) is 0.533. The standard InChI is InChI=1S/C15H21N3O/c1-2-18-13-7-4-3-6-12(13)17-14(18)10-15(16)8-5-9-19-11-15/h3-4,6-7H,2,5,8-11,16H2,1H3. The predicted molar refractivity (Wildman–Crippen MR) is 76.1 cm³/mol. The van der Waals surface area contributed by atoms with Crippen LogP contribution in [0.1, 0.15) is 25.6 Å². The Balaban J connectivity index is 1.95. The van der Waals surface area contributed by atoms with Crippen LogP contribution in [0.3, 0.4) is 0 Å². The number of nitrogens with zero attached hydrogens (tertiary/aromatic N) is 2. The molecule has 0 saturated carbocycles. The molecule has 0 radical (unpaired) electrons. The first-order chi connectivity index (χ1) is 9.22. The number of hydrogen-bond donors (Lipinski definition) is 1. The largest absolute Gasteiger partial charge is 0.380 e. The second-order valence-electron chi connectivity index (χ2n) is 5.46. The lowest BCUT2D eigenvalue weighted by Crippen LogP contribution is -2.49. The molecular weight excluding hydrogens is 238 g/mol. The second kappa shape index (κ2) is 4.94. The van der Waals surface area contributed by atoms with Crippen LogP contribution in [-0.2, 0) is 17.7 Å². The van der Waals surface area contributed by atoms with Gasteiger partial charge in [0.1, 0.15) is 5.82 Å². The molecule has 3 rings (SSSR count). The summed E-state index contributed by atoms with van der Waals surface area (Å²) in [5.41, 5.74) is 8.45. The average Bonchev–Trinajstić information content (AvgIpc) is 2.75. The third-order valence-corrected chi connectivity index (χ3v) is 3.91. The van der Waals surface area contributed by atoms with Crippen LogP contribution < -0.4 is 5.73 Å². The molecule has 1 aliphatic heterocycles. The lowest BCUT2D eigenvalue weighted by atomic mass is 9.90. The van der Waals surface area contributed by atoms with Crippen LogP contribution in [0.2, 0.25) is 0 Å². The van der Waals surface area contributed by atoms with E-state index >= 15 is 0 Å². The number of aromatic nitrogens is 2. The first-order valence-corrected chi connectivity index (χ1v) is 7.03. The third kappa shape index (κ3) is 2.38. The first kappa shape index (κ1) is 12.6. The summed E-state index contributed by atoms with van der Waals surface area (Å²) >= 11 is 0. The van der Waals surface area contributed by atoms with Crippen LogP contribution in [0.25, 0.3) is 11.0 Å². The smallest absolute Gasteiger partial charge is 0.111 e. The predicted octanol–water partition coefficient (Wildman–Crippen LogP) is 2.11. The van der Waals surface area contributed by atoms with E-state index in [-0.39, 0.29) is 5.54 Å². The Labute approximate surface area is 113 Å². The van der Waals surface area contributed by atoms with Crippen molar-refractivity contribution < 1.29 is 4.74 Å². The van der Waals surface area contributed by atoms with Gasteiger partial charge < -0.3 is 15.0 Å². The molecule has 0 spiro atoms. The summed E-state index contributed by atoms with van der Waals surface area (Å²) in [6.45, 7) is 4.55. The number of aryl methyl sites for hydroxylation is 1. The Hall–Kier alpha value is -1.39. The van der Waals surface area contributed by atoms with Gasteiger partial charge in [0.25, 0.3) is 0 Å². The van der Waals surface area contributed by atoms with Gasteiger partial charge in [-0.3, -0.25) is 0 Å². The van der Waals surface area contributed by atoms with Gasteiger partial charge in [-0.05, 0) is 31.9 Å². The summed E-state index contributed by atoms with van der Waals surface area (Å²) in [5, 5.41) is 0. The number of ether oxygens (including phenoxy) is 1. The van der Waals surface area contributed by atoms with Crippen LogP contribution in [-0.4, -0.2) is 28.3 Å². The highest BCUT2D eigenvalue weighted by Gasteiger charge is 2.30. The number of imidazole rings is 1. The molecule has 2 heterocycles. The summed E-state index contributed by atoms with van der Waals surface area (Å²) in [7, 11) is 0. The molecule has 0 bridgehead atoms. The number of fused-ring (bicyclic) bond motifs is 1. The molecule has 1 aromatic heterocycles. The van der Waals surface area contributed by atoms with Gasteiger partial charge in [0.15, 0.2) is 0 Å². The molecule has 0 aliphatic carbocycles. The Bertz CT molecular complexity index is 570. The Morgan fingerprint density at radius 1 is 1.42 bits per heavy atom. The van der Waals surface area contributed by atoms with Crippen molar-refractivity contribution in [1.29, 1.82) is 0 Å². The van der Waals surface area contributed by atoms with Crippen LogP contribution in [0.15, 0.2) is 24.3 Å². The van der Waals surface area contributed by atoms with Gasteiger partial charge in [0.05, 0.1) is 17.6 Å². The van der Waals surface area contributed by atoms with Gasteiger partial charge in [-0.25, -0.2) is 4.98 Å². The molecule has 102 valence electrons. The van der Waals surface area contributed by atoms with E-state index in [4.69, 9.17) is 15.5 Å². The highest BCUT2D eigenvalue weighted by Crippen LogP contribution is 2.24. The fourth-order valence-corrected chi connectivity index (χ4v) is 2.94. The number of nitrogens with two attached hydrogens (primary N) is 1. The Morgan fingerprint density at radius 2 is 2.26 bits per heavy atom. The van der Waals surface area contributed by atoms with Crippen molar-refractivity contribution in [2.75, 3.05) is 13.2 Å². The van der Waals surface area contributed by atoms with Gasteiger partial charge in [0, 0.05) is 25.1 Å². The molecule has 4 nitrogen and oxygen atoms in total. The quantitative estimate of drug-likeness (QED) is 0.918. The highest BCUT2D eigenvalue weighted by atomic mass is 16.5. The second-order valence-corrected chi connectivity index (χ2v) is 5.46. The van der Waals surface area contributed by atoms with Crippen LogP contribution in [0.4, 0.5) is 0 Å². The maximum Gasteiger partial charge on any atom is 0.111 e. The minimum Gasteiger partial charge on any atom is -0.380 e. The van der Waals surface area contributed by atoms with E-state index < -0.39 is 0 Å². The summed E-state index contributed by atoms with van der Waals surface area (Å²) < 4.78 is 7.81. The molecule has 0 amide bonds. The van der Waals surface area contributed by atoms with Gasteiger partial charge >= 0.3 is 0 Å². The van der Waals surface area contributed by atoms with E-state index in [0.29, 0.717) is 6.61 Å².